The van der Waals surface area contributed by atoms with Crippen LogP contribution in [0.3, 0.4) is 0 Å². The molecule has 3 aliphatic rings. The molecular weight excluding hydrogens is 749 g/mol. The fourth-order valence-corrected chi connectivity index (χ4v) is 10.1. The molecule has 0 spiro atoms. The van der Waals surface area contributed by atoms with E-state index in [1.807, 2.05) is 32.8 Å². The first kappa shape index (κ1) is 49.7. The van der Waals surface area contributed by atoms with E-state index in [1.165, 1.54) is 25.8 Å². The van der Waals surface area contributed by atoms with Crippen LogP contribution in [0.15, 0.2) is 0 Å². The van der Waals surface area contributed by atoms with Crippen LogP contribution in [-0.2, 0) is 33.2 Å². The highest BCUT2D eigenvalue weighted by Crippen LogP contribution is 2.44. The molecule has 0 saturated carbocycles. The highest BCUT2D eigenvalue weighted by atomic mass is 32.2. The van der Waals surface area contributed by atoms with Gasteiger partial charge in [-0.2, -0.15) is 11.8 Å². The molecule has 3 heterocycles. The molecule has 0 aromatic rings. The van der Waals surface area contributed by atoms with Gasteiger partial charge in [0.25, 0.3) is 0 Å². The average Bonchev–Trinajstić information content (AvgIpc) is 3.12. The van der Waals surface area contributed by atoms with Crippen molar-refractivity contribution in [1.82, 2.24) is 10.2 Å². The number of hydrogen-bond acceptors (Lipinski definition) is 16. The van der Waals surface area contributed by atoms with Gasteiger partial charge in [0, 0.05) is 43.0 Å². The minimum absolute atomic E-state index is 0.0504. The molecule has 330 valence electrons. The van der Waals surface area contributed by atoms with Gasteiger partial charge in [-0.3, -0.25) is 4.79 Å². The second kappa shape index (κ2) is 20.2. The minimum Gasteiger partial charge on any atom is -0.459 e. The molecule has 0 aliphatic carbocycles. The molecule has 3 rings (SSSR count). The van der Waals surface area contributed by atoms with Crippen molar-refractivity contribution in [1.29, 1.82) is 0 Å². The topological polar surface area (TPSA) is 209 Å². The van der Waals surface area contributed by atoms with Crippen molar-refractivity contribution in [3.05, 3.63) is 0 Å². The van der Waals surface area contributed by atoms with Gasteiger partial charge in [0.15, 0.2) is 12.6 Å². The minimum atomic E-state index is -1.83. The van der Waals surface area contributed by atoms with Crippen LogP contribution in [0.25, 0.3) is 0 Å². The second-order valence-corrected chi connectivity index (χ2v) is 18.9. The van der Waals surface area contributed by atoms with E-state index < -0.39 is 95.5 Å². The van der Waals surface area contributed by atoms with Gasteiger partial charge in [-0.15, -0.1) is 0 Å². The quantitative estimate of drug-likeness (QED) is 0.117. The Bertz CT molecular complexity index is 1230. The van der Waals surface area contributed by atoms with Gasteiger partial charge in [-0.25, -0.2) is 0 Å². The van der Waals surface area contributed by atoms with E-state index in [4.69, 9.17) is 28.4 Å². The molecule has 0 aromatic carbocycles. The van der Waals surface area contributed by atoms with Gasteiger partial charge in [0.05, 0.1) is 42.5 Å². The summed E-state index contributed by atoms with van der Waals surface area (Å²) in [5.74, 6) is -2.10. The molecule has 56 heavy (non-hydrogen) atoms. The Labute approximate surface area is 339 Å². The Hall–Kier alpha value is -0.700. The van der Waals surface area contributed by atoms with E-state index in [0.29, 0.717) is 18.7 Å². The molecule has 0 aromatic heterocycles. The van der Waals surface area contributed by atoms with Crippen LogP contribution in [0.2, 0.25) is 0 Å². The molecule has 16 heteroatoms. The van der Waals surface area contributed by atoms with Crippen molar-refractivity contribution in [3.63, 3.8) is 0 Å². The first-order valence-corrected chi connectivity index (χ1v) is 21.5. The molecule has 7 N–H and O–H groups in total. The van der Waals surface area contributed by atoms with Crippen molar-refractivity contribution in [2.75, 3.05) is 45.9 Å². The van der Waals surface area contributed by atoms with Crippen LogP contribution < -0.4 is 5.32 Å². The molecule has 3 saturated heterocycles. The van der Waals surface area contributed by atoms with E-state index in [1.54, 1.807) is 48.5 Å². The fourth-order valence-electron chi connectivity index (χ4n) is 8.98. The zero-order valence-corrected chi connectivity index (χ0v) is 37.0. The predicted octanol–water partition coefficient (Wildman–Crippen LogP) is 1.65. The van der Waals surface area contributed by atoms with Crippen LogP contribution in [0, 0.1) is 17.8 Å². The molecule has 18 atom stereocenters. The number of carbonyl (C=O) groups excluding carboxylic acids is 1. The maximum atomic E-state index is 14.3. The highest BCUT2D eigenvalue weighted by Gasteiger charge is 2.58. The van der Waals surface area contributed by atoms with E-state index >= 15 is 0 Å². The Morgan fingerprint density at radius 3 is 2.20 bits per heavy atom. The van der Waals surface area contributed by atoms with Crippen LogP contribution in [0.4, 0.5) is 0 Å². The summed E-state index contributed by atoms with van der Waals surface area (Å²) in [5, 5.41) is 71.8. The lowest BCUT2D eigenvalue weighted by Crippen LogP contribution is -2.68. The number of nitrogens with zero attached hydrogens (tertiary/aromatic N) is 1. The van der Waals surface area contributed by atoms with Crippen molar-refractivity contribution in [2.45, 2.75) is 185 Å². The lowest BCUT2D eigenvalue weighted by atomic mass is 9.76. The highest BCUT2D eigenvalue weighted by molar-refractivity contribution is 7.99. The SMILES string of the molecule is CC[C@H]1OC(=O)[C@H](C)[C@@H](O[C@H]2C[C@@](C)(OC)[C@@](O)(CSCCO)[C@H](C)O2)[C@H](C)[C@@H](O[C@@H]2O[C@H](C)C[C@H](N(C)C)[C@H]2O)[C@@](C)(O)C[C@@H](C)CN[C@H](C)[C@@H](O)[C@]1(C)O. The standard InChI is InChI=1S/C40H76N2O13S/c1-14-29-39(10,48)33(45)26(6)41-20-22(2)18-37(8,47)34(55-36-31(44)28(42(11)12)17-23(3)51-36)24(4)32(25(5)35(46)53-29)54-30-19-38(9,50-13)40(49,27(7)52-30)21-56-16-15-43/h22-34,36,41,43-45,47-49H,14-21H2,1-13H3/t22-,23-,24+,25-,26-,27+,28+,29-,30+,31-,32+,33-,34-,36+,37+,38-,39-,40-/m1/s1. The zero-order valence-electron chi connectivity index (χ0n) is 36.1. The Balaban J connectivity index is 2.16. The maximum absolute atomic E-state index is 14.3. The number of nitrogens with one attached hydrogen (secondary N) is 1. The number of cyclic esters (lactones) is 1. The summed E-state index contributed by atoms with van der Waals surface area (Å²) >= 11 is 1.37. The van der Waals surface area contributed by atoms with Crippen molar-refractivity contribution < 1.29 is 63.9 Å². The van der Waals surface area contributed by atoms with Gasteiger partial charge >= 0.3 is 5.97 Å². The second-order valence-electron chi connectivity index (χ2n) is 17.8. The number of likely N-dealkylation sites (N-methyl/N-ethyl adjacent to an activating group) is 1. The predicted molar refractivity (Wildman–Crippen MR) is 213 cm³/mol. The fraction of sp³-hybridized carbons (Fsp3) is 0.975. The number of aliphatic hydroxyl groups excluding tert-OH is 3. The van der Waals surface area contributed by atoms with Gasteiger partial charge in [0.1, 0.15) is 35.1 Å². The third-order valence-corrected chi connectivity index (χ3v) is 13.9. The number of esters is 1. The molecule has 0 radical (unpaired) electrons. The average molecular weight is 825 g/mol. The first-order valence-electron chi connectivity index (χ1n) is 20.4. The number of ether oxygens (including phenoxy) is 6. The van der Waals surface area contributed by atoms with Gasteiger partial charge in [0.2, 0.25) is 0 Å². The summed E-state index contributed by atoms with van der Waals surface area (Å²) in [5.41, 5.74) is -6.06. The summed E-state index contributed by atoms with van der Waals surface area (Å²) in [6.07, 6.45) is -7.82. The van der Waals surface area contributed by atoms with Crippen LogP contribution in [-0.4, -0.2) is 177 Å². The van der Waals surface area contributed by atoms with Crippen LogP contribution in [0.1, 0.15) is 94.9 Å². The Kier molecular flexibility index (Phi) is 17.9. The number of thioether (sulfide) groups is 1. The first-order chi connectivity index (χ1) is 25.9. The Morgan fingerprint density at radius 1 is 0.982 bits per heavy atom. The molecule has 3 fully saturated rings. The maximum Gasteiger partial charge on any atom is 0.311 e. The third-order valence-electron chi connectivity index (χ3n) is 12.8. The van der Waals surface area contributed by atoms with Gasteiger partial charge < -0.3 is 69.3 Å². The zero-order chi connectivity index (χ0) is 42.6. The van der Waals surface area contributed by atoms with E-state index in [9.17, 15) is 35.4 Å². The third kappa shape index (κ3) is 11.2. The largest absolute Gasteiger partial charge is 0.459 e. The summed E-state index contributed by atoms with van der Waals surface area (Å²) in [4.78, 5) is 16.2. The van der Waals surface area contributed by atoms with Crippen molar-refractivity contribution in [3.8, 4) is 0 Å². The van der Waals surface area contributed by atoms with Crippen molar-refractivity contribution in [2.24, 2.45) is 17.8 Å². The molecule has 0 unspecified atom stereocenters. The number of methoxy groups -OCH3 is 1. The number of rotatable bonds is 11. The summed E-state index contributed by atoms with van der Waals surface area (Å²) in [6.45, 7) is 17.7. The van der Waals surface area contributed by atoms with Crippen molar-refractivity contribution >= 4 is 17.7 Å². The van der Waals surface area contributed by atoms with E-state index in [2.05, 4.69) is 5.32 Å². The molecule has 15 nitrogen and oxygen atoms in total. The van der Waals surface area contributed by atoms with Gasteiger partial charge in [-0.1, -0.05) is 20.8 Å². The van der Waals surface area contributed by atoms with Crippen LogP contribution in [0.5, 0.6) is 0 Å². The molecule has 0 bridgehead atoms. The normalized spacial score (nSPS) is 47.9. The Morgan fingerprint density at radius 2 is 1.62 bits per heavy atom. The number of carbonyl (C=O) groups is 1. The summed E-state index contributed by atoms with van der Waals surface area (Å²) in [6, 6.07) is -0.897. The number of aliphatic hydroxyl groups is 6. The van der Waals surface area contributed by atoms with Crippen LogP contribution >= 0.6 is 11.8 Å². The molecular formula is C40H76N2O13S. The molecule has 0 amide bonds. The lowest BCUT2D eigenvalue weighted by molar-refractivity contribution is -0.333. The smallest absolute Gasteiger partial charge is 0.311 e. The molecule has 3 aliphatic heterocycles. The van der Waals surface area contributed by atoms with Gasteiger partial charge in [-0.05, 0) is 94.3 Å². The monoisotopic (exact) mass is 825 g/mol. The van der Waals surface area contributed by atoms with E-state index in [-0.39, 0.29) is 49.7 Å². The summed E-state index contributed by atoms with van der Waals surface area (Å²) in [7, 11) is 5.26. The lowest BCUT2D eigenvalue weighted by Gasteiger charge is -2.53. The summed E-state index contributed by atoms with van der Waals surface area (Å²) < 4.78 is 38.2. The van der Waals surface area contributed by atoms with E-state index in [0.717, 1.165) is 0 Å². The number of hydrogen-bond donors (Lipinski definition) is 7.